The molecular weight excluding hydrogens is 150 g/mol. The Labute approximate surface area is 75.2 Å². The summed E-state index contributed by atoms with van der Waals surface area (Å²) in [6, 6.07) is 0.401. The molecule has 0 atom stereocenters. The minimum Gasteiger partial charge on any atom is -0.354 e. The number of rotatable bonds is 3. The van der Waals surface area contributed by atoms with Crippen molar-refractivity contribution in [3.05, 3.63) is 12.8 Å². The number of nitrogens with zero attached hydrogens (tertiary/aromatic N) is 2. The second-order valence-corrected chi connectivity index (χ2v) is 2.95. The van der Waals surface area contributed by atoms with E-state index >= 15 is 0 Å². The molecule has 0 aliphatic heterocycles. The zero-order valence-electron chi connectivity index (χ0n) is 8.46. The van der Waals surface area contributed by atoms with E-state index in [1.54, 1.807) is 6.20 Å². The van der Waals surface area contributed by atoms with Gasteiger partial charge in [0.15, 0.2) is 5.96 Å². The standard InChI is InChI=1S/C9H19N3/c1-6-10-9(11-8(3)4)12(5)7-2/h6,8H,1,7H2,2-5H3,(H,10,11). The van der Waals surface area contributed by atoms with E-state index in [-0.39, 0.29) is 0 Å². The van der Waals surface area contributed by atoms with Gasteiger partial charge in [0.25, 0.3) is 0 Å². The van der Waals surface area contributed by atoms with Gasteiger partial charge in [0.05, 0.1) is 0 Å². The molecule has 0 fully saturated rings. The second kappa shape index (κ2) is 5.63. The average Bonchev–Trinajstić information content (AvgIpc) is 2.01. The number of nitrogens with one attached hydrogen (secondary N) is 1. The van der Waals surface area contributed by atoms with Gasteiger partial charge < -0.3 is 10.2 Å². The molecule has 0 radical (unpaired) electrons. The van der Waals surface area contributed by atoms with Crippen molar-refractivity contribution in [1.29, 1.82) is 0 Å². The van der Waals surface area contributed by atoms with Crippen molar-refractivity contribution < 1.29 is 0 Å². The molecule has 0 aliphatic rings. The molecule has 0 heterocycles. The third-order valence-electron chi connectivity index (χ3n) is 1.47. The van der Waals surface area contributed by atoms with Crippen molar-refractivity contribution >= 4 is 5.96 Å². The molecule has 0 aromatic carbocycles. The van der Waals surface area contributed by atoms with Crippen LogP contribution >= 0.6 is 0 Å². The molecule has 0 aliphatic carbocycles. The fourth-order valence-corrected chi connectivity index (χ4v) is 0.740. The van der Waals surface area contributed by atoms with Gasteiger partial charge in [-0.05, 0) is 20.8 Å². The summed E-state index contributed by atoms with van der Waals surface area (Å²) < 4.78 is 0. The van der Waals surface area contributed by atoms with E-state index in [0.29, 0.717) is 6.04 Å². The van der Waals surface area contributed by atoms with Crippen LogP contribution in [0.25, 0.3) is 0 Å². The van der Waals surface area contributed by atoms with E-state index in [0.717, 1.165) is 12.5 Å². The van der Waals surface area contributed by atoms with Crippen LogP contribution in [0.1, 0.15) is 20.8 Å². The van der Waals surface area contributed by atoms with E-state index in [2.05, 4.69) is 37.7 Å². The lowest BCUT2D eigenvalue weighted by Gasteiger charge is -2.21. The monoisotopic (exact) mass is 169 g/mol. The molecule has 3 nitrogen and oxygen atoms in total. The molecule has 0 bridgehead atoms. The Morgan fingerprint density at radius 1 is 1.67 bits per heavy atom. The molecule has 0 amide bonds. The van der Waals surface area contributed by atoms with Crippen LogP contribution in [0.5, 0.6) is 0 Å². The minimum absolute atomic E-state index is 0.401. The third-order valence-corrected chi connectivity index (χ3v) is 1.47. The van der Waals surface area contributed by atoms with Crippen LogP contribution in [0.3, 0.4) is 0 Å². The van der Waals surface area contributed by atoms with E-state index < -0.39 is 0 Å². The predicted octanol–water partition coefficient (Wildman–Crippen LogP) is 1.44. The lowest BCUT2D eigenvalue weighted by atomic mass is 10.4. The van der Waals surface area contributed by atoms with E-state index in [9.17, 15) is 0 Å². The van der Waals surface area contributed by atoms with Crippen LogP contribution in [0, 0.1) is 0 Å². The largest absolute Gasteiger partial charge is 0.354 e. The van der Waals surface area contributed by atoms with Crippen molar-refractivity contribution in [2.45, 2.75) is 26.8 Å². The first-order chi connectivity index (χ1) is 5.61. The van der Waals surface area contributed by atoms with Crippen molar-refractivity contribution in [3.8, 4) is 0 Å². The predicted molar refractivity (Wildman–Crippen MR) is 54.2 cm³/mol. The van der Waals surface area contributed by atoms with Gasteiger partial charge in [-0.15, -0.1) is 0 Å². The zero-order valence-corrected chi connectivity index (χ0v) is 8.46. The van der Waals surface area contributed by atoms with Gasteiger partial charge in [0.1, 0.15) is 0 Å². The Bertz CT molecular complexity index is 161. The molecular formula is C9H19N3. The van der Waals surface area contributed by atoms with Crippen LogP contribution in [-0.4, -0.2) is 30.5 Å². The summed E-state index contributed by atoms with van der Waals surface area (Å²) in [4.78, 5) is 6.17. The molecule has 0 rings (SSSR count). The Hall–Kier alpha value is -0.990. The summed E-state index contributed by atoms with van der Waals surface area (Å²) in [6.45, 7) is 10.8. The van der Waals surface area contributed by atoms with Crippen molar-refractivity contribution in [2.75, 3.05) is 13.6 Å². The van der Waals surface area contributed by atoms with Gasteiger partial charge in [-0.3, -0.25) is 0 Å². The highest BCUT2D eigenvalue weighted by atomic mass is 15.3. The Kier molecular flexibility index (Phi) is 5.17. The van der Waals surface area contributed by atoms with Crippen molar-refractivity contribution in [2.24, 2.45) is 4.99 Å². The van der Waals surface area contributed by atoms with E-state index in [4.69, 9.17) is 0 Å². The number of aliphatic imine (C=N–C) groups is 1. The van der Waals surface area contributed by atoms with Crippen LogP contribution in [-0.2, 0) is 0 Å². The molecule has 0 saturated heterocycles. The smallest absolute Gasteiger partial charge is 0.198 e. The fourth-order valence-electron chi connectivity index (χ4n) is 0.740. The average molecular weight is 169 g/mol. The van der Waals surface area contributed by atoms with Crippen molar-refractivity contribution in [1.82, 2.24) is 10.2 Å². The topological polar surface area (TPSA) is 27.6 Å². The number of hydrogen-bond donors (Lipinski definition) is 1. The fraction of sp³-hybridized carbons (Fsp3) is 0.667. The first kappa shape index (κ1) is 11.0. The Balaban J connectivity index is 4.23. The molecule has 1 N–H and O–H groups in total. The molecule has 3 heteroatoms. The van der Waals surface area contributed by atoms with Crippen LogP contribution in [0.2, 0.25) is 0 Å². The number of guanidine groups is 1. The summed E-state index contributed by atoms with van der Waals surface area (Å²) >= 11 is 0. The Morgan fingerprint density at radius 3 is 2.58 bits per heavy atom. The van der Waals surface area contributed by atoms with Crippen LogP contribution in [0.15, 0.2) is 17.8 Å². The highest BCUT2D eigenvalue weighted by Gasteiger charge is 2.03. The summed E-state index contributed by atoms with van der Waals surface area (Å²) in [7, 11) is 2.00. The summed E-state index contributed by atoms with van der Waals surface area (Å²) in [5, 5.41) is 3.24. The molecule has 0 aromatic rings. The molecule has 0 aromatic heterocycles. The van der Waals surface area contributed by atoms with Crippen LogP contribution in [0.4, 0.5) is 0 Å². The van der Waals surface area contributed by atoms with Gasteiger partial charge in [-0.2, -0.15) is 0 Å². The second-order valence-electron chi connectivity index (χ2n) is 2.95. The maximum absolute atomic E-state index is 4.13. The van der Waals surface area contributed by atoms with E-state index in [1.807, 2.05) is 11.9 Å². The molecule has 0 saturated carbocycles. The first-order valence-electron chi connectivity index (χ1n) is 4.28. The lowest BCUT2D eigenvalue weighted by Crippen LogP contribution is -2.41. The maximum Gasteiger partial charge on any atom is 0.198 e. The SMILES string of the molecule is C=C/N=C(/NC(C)C)N(C)CC. The summed E-state index contributed by atoms with van der Waals surface area (Å²) in [5.41, 5.74) is 0. The lowest BCUT2D eigenvalue weighted by molar-refractivity contribution is 0.498. The molecule has 0 unspecified atom stereocenters. The zero-order chi connectivity index (χ0) is 9.56. The summed E-state index contributed by atoms with van der Waals surface area (Å²) in [6.07, 6.45) is 1.55. The van der Waals surface area contributed by atoms with E-state index in [1.165, 1.54) is 0 Å². The van der Waals surface area contributed by atoms with Gasteiger partial charge in [-0.25, -0.2) is 4.99 Å². The van der Waals surface area contributed by atoms with Gasteiger partial charge in [0, 0.05) is 25.8 Å². The maximum atomic E-state index is 4.13. The minimum atomic E-state index is 0.401. The molecule has 70 valence electrons. The quantitative estimate of drug-likeness (QED) is 0.511. The van der Waals surface area contributed by atoms with Gasteiger partial charge >= 0.3 is 0 Å². The summed E-state index contributed by atoms with van der Waals surface area (Å²) in [5.74, 6) is 0.877. The highest BCUT2D eigenvalue weighted by Crippen LogP contribution is 1.88. The molecule has 0 spiro atoms. The Morgan fingerprint density at radius 2 is 2.25 bits per heavy atom. The van der Waals surface area contributed by atoms with Gasteiger partial charge in [0.2, 0.25) is 0 Å². The highest BCUT2D eigenvalue weighted by molar-refractivity contribution is 5.80. The normalized spacial score (nSPS) is 11.6. The first-order valence-corrected chi connectivity index (χ1v) is 4.28. The third kappa shape index (κ3) is 4.01. The molecule has 12 heavy (non-hydrogen) atoms. The van der Waals surface area contributed by atoms with Crippen LogP contribution < -0.4 is 5.32 Å². The number of hydrogen-bond acceptors (Lipinski definition) is 1. The van der Waals surface area contributed by atoms with Crippen molar-refractivity contribution in [3.63, 3.8) is 0 Å². The van der Waals surface area contributed by atoms with Gasteiger partial charge in [-0.1, -0.05) is 6.58 Å².